The smallest absolute Gasteiger partial charge is 0.0300 e. The van der Waals surface area contributed by atoms with Crippen LogP contribution in [-0.2, 0) is 6.42 Å². The molecule has 1 fully saturated rings. The molecule has 0 aliphatic carbocycles. The van der Waals surface area contributed by atoms with Gasteiger partial charge in [0.15, 0.2) is 0 Å². The molecule has 1 aliphatic rings. The van der Waals surface area contributed by atoms with Gasteiger partial charge in [-0.1, -0.05) is 13.0 Å². The molecular weight excluding hydrogens is 210 g/mol. The minimum absolute atomic E-state index is 0.851. The van der Waals surface area contributed by atoms with Crippen molar-refractivity contribution in [3.8, 4) is 0 Å². The van der Waals surface area contributed by atoms with Crippen LogP contribution in [0.2, 0.25) is 0 Å². The third kappa shape index (κ3) is 4.10. The van der Waals surface area contributed by atoms with E-state index in [0.717, 1.165) is 25.4 Å². The summed E-state index contributed by atoms with van der Waals surface area (Å²) in [6, 6.07) is 4.15. The van der Waals surface area contributed by atoms with Crippen LogP contribution in [0.25, 0.3) is 0 Å². The van der Waals surface area contributed by atoms with Gasteiger partial charge >= 0.3 is 0 Å². The van der Waals surface area contributed by atoms with Crippen molar-refractivity contribution < 1.29 is 0 Å². The molecule has 1 aromatic rings. The van der Waals surface area contributed by atoms with E-state index in [4.69, 9.17) is 0 Å². The summed E-state index contributed by atoms with van der Waals surface area (Å²) < 4.78 is 0. The van der Waals surface area contributed by atoms with Crippen LogP contribution in [0.3, 0.4) is 0 Å². The van der Waals surface area contributed by atoms with Gasteiger partial charge in [0, 0.05) is 18.9 Å². The maximum Gasteiger partial charge on any atom is 0.0300 e. The van der Waals surface area contributed by atoms with E-state index in [9.17, 15) is 0 Å². The highest BCUT2D eigenvalue weighted by Gasteiger charge is 2.20. The van der Waals surface area contributed by atoms with E-state index in [1.165, 1.54) is 31.6 Å². The number of rotatable bonds is 6. The van der Waals surface area contributed by atoms with Gasteiger partial charge in [-0.15, -0.1) is 0 Å². The fourth-order valence-electron chi connectivity index (χ4n) is 2.45. The Morgan fingerprint density at radius 2 is 2.47 bits per heavy atom. The van der Waals surface area contributed by atoms with Crippen LogP contribution in [0.4, 0.5) is 0 Å². The van der Waals surface area contributed by atoms with E-state index < -0.39 is 0 Å². The maximum atomic E-state index is 4.13. The van der Waals surface area contributed by atoms with Gasteiger partial charge in [0.2, 0.25) is 0 Å². The minimum atomic E-state index is 0.851. The molecule has 3 heteroatoms. The van der Waals surface area contributed by atoms with Crippen LogP contribution in [-0.4, -0.2) is 42.6 Å². The monoisotopic (exact) mass is 233 g/mol. The van der Waals surface area contributed by atoms with Gasteiger partial charge in [-0.2, -0.15) is 0 Å². The fourth-order valence-corrected chi connectivity index (χ4v) is 2.45. The SMILES string of the molecule is CCN1CCC(CNCCc2cccnc2)C1. The van der Waals surface area contributed by atoms with Crippen LogP contribution in [0.15, 0.2) is 24.5 Å². The molecule has 2 rings (SSSR count). The highest BCUT2D eigenvalue weighted by molar-refractivity contribution is 5.08. The lowest BCUT2D eigenvalue weighted by molar-refractivity contribution is 0.339. The summed E-state index contributed by atoms with van der Waals surface area (Å²) in [5.74, 6) is 0.851. The molecule has 1 aromatic heterocycles. The lowest BCUT2D eigenvalue weighted by Crippen LogP contribution is -2.27. The molecule has 0 bridgehead atoms. The quantitative estimate of drug-likeness (QED) is 0.756. The van der Waals surface area contributed by atoms with Crippen LogP contribution < -0.4 is 5.32 Å². The van der Waals surface area contributed by atoms with Gasteiger partial charge in [-0.05, 0) is 56.6 Å². The Kier molecular flexibility index (Phi) is 4.95. The summed E-state index contributed by atoms with van der Waals surface area (Å²) in [6.07, 6.45) is 6.22. The highest BCUT2D eigenvalue weighted by atomic mass is 15.1. The van der Waals surface area contributed by atoms with E-state index in [0.29, 0.717) is 0 Å². The third-order valence-corrected chi connectivity index (χ3v) is 3.56. The lowest BCUT2D eigenvalue weighted by Gasteiger charge is -2.13. The van der Waals surface area contributed by atoms with Crippen LogP contribution in [0, 0.1) is 5.92 Å². The number of nitrogens with one attached hydrogen (secondary N) is 1. The van der Waals surface area contributed by atoms with E-state index in [1.807, 2.05) is 18.5 Å². The second-order valence-corrected chi connectivity index (χ2v) is 4.86. The highest BCUT2D eigenvalue weighted by Crippen LogP contribution is 2.14. The molecular formula is C14H23N3. The van der Waals surface area contributed by atoms with Crippen molar-refractivity contribution in [3.05, 3.63) is 30.1 Å². The van der Waals surface area contributed by atoms with Crippen molar-refractivity contribution in [1.29, 1.82) is 0 Å². The maximum absolute atomic E-state index is 4.13. The Balaban J connectivity index is 1.58. The number of hydrogen-bond donors (Lipinski definition) is 1. The van der Waals surface area contributed by atoms with Gasteiger partial charge in [-0.25, -0.2) is 0 Å². The number of pyridine rings is 1. The van der Waals surface area contributed by atoms with E-state index >= 15 is 0 Å². The number of hydrogen-bond acceptors (Lipinski definition) is 3. The Morgan fingerprint density at radius 3 is 3.18 bits per heavy atom. The summed E-state index contributed by atoms with van der Waals surface area (Å²) in [6.45, 7) is 8.23. The van der Waals surface area contributed by atoms with Crippen molar-refractivity contribution in [2.24, 2.45) is 5.92 Å². The van der Waals surface area contributed by atoms with Crippen molar-refractivity contribution >= 4 is 0 Å². The molecule has 0 spiro atoms. The van der Waals surface area contributed by atoms with Gasteiger partial charge in [0.05, 0.1) is 0 Å². The molecule has 17 heavy (non-hydrogen) atoms. The molecule has 0 aromatic carbocycles. The first-order valence-corrected chi connectivity index (χ1v) is 6.70. The molecule has 0 amide bonds. The molecule has 0 radical (unpaired) electrons. The zero-order chi connectivity index (χ0) is 11.9. The molecule has 1 unspecified atom stereocenters. The summed E-state index contributed by atoms with van der Waals surface area (Å²) >= 11 is 0. The Labute approximate surface area is 104 Å². The fraction of sp³-hybridized carbons (Fsp3) is 0.643. The molecule has 1 N–H and O–H groups in total. The number of likely N-dealkylation sites (tertiary alicyclic amines) is 1. The molecule has 94 valence electrons. The van der Waals surface area contributed by atoms with Gasteiger partial charge in [0.1, 0.15) is 0 Å². The zero-order valence-corrected chi connectivity index (χ0v) is 10.7. The summed E-state index contributed by atoms with van der Waals surface area (Å²) in [4.78, 5) is 6.66. The minimum Gasteiger partial charge on any atom is -0.316 e. The van der Waals surface area contributed by atoms with Crippen molar-refractivity contribution in [3.63, 3.8) is 0 Å². The molecule has 1 atom stereocenters. The molecule has 0 saturated carbocycles. The van der Waals surface area contributed by atoms with Gasteiger partial charge in [0.25, 0.3) is 0 Å². The first-order chi connectivity index (χ1) is 8.38. The molecule has 1 aliphatic heterocycles. The predicted octanol–water partition coefficient (Wildman–Crippen LogP) is 1.56. The summed E-state index contributed by atoms with van der Waals surface area (Å²) in [5, 5.41) is 3.57. The first-order valence-electron chi connectivity index (χ1n) is 6.70. The molecule has 3 nitrogen and oxygen atoms in total. The first kappa shape index (κ1) is 12.5. The van der Waals surface area contributed by atoms with Crippen LogP contribution in [0.5, 0.6) is 0 Å². The van der Waals surface area contributed by atoms with Crippen molar-refractivity contribution in [2.75, 3.05) is 32.7 Å². The zero-order valence-electron chi connectivity index (χ0n) is 10.7. The van der Waals surface area contributed by atoms with Gasteiger partial charge < -0.3 is 10.2 Å². The number of aromatic nitrogens is 1. The number of nitrogens with zero attached hydrogens (tertiary/aromatic N) is 2. The van der Waals surface area contributed by atoms with E-state index in [-0.39, 0.29) is 0 Å². The normalized spacial score (nSPS) is 20.9. The third-order valence-electron chi connectivity index (χ3n) is 3.56. The second kappa shape index (κ2) is 6.72. The van der Waals surface area contributed by atoms with Crippen LogP contribution in [0.1, 0.15) is 18.9 Å². The predicted molar refractivity (Wildman–Crippen MR) is 71.0 cm³/mol. The summed E-state index contributed by atoms with van der Waals surface area (Å²) in [5.41, 5.74) is 1.32. The Bertz CT molecular complexity index is 313. The van der Waals surface area contributed by atoms with Gasteiger partial charge in [-0.3, -0.25) is 4.98 Å². The Hall–Kier alpha value is -0.930. The van der Waals surface area contributed by atoms with Crippen LogP contribution >= 0.6 is 0 Å². The lowest BCUT2D eigenvalue weighted by atomic mass is 10.1. The second-order valence-electron chi connectivity index (χ2n) is 4.86. The molecule has 1 saturated heterocycles. The van der Waals surface area contributed by atoms with Crippen molar-refractivity contribution in [2.45, 2.75) is 19.8 Å². The average Bonchev–Trinajstić information content (AvgIpc) is 2.84. The summed E-state index contributed by atoms with van der Waals surface area (Å²) in [7, 11) is 0. The van der Waals surface area contributed by atoms with E-state index in [2.05, 4.69) is 28.2 Å². The van der Waals surface area contributed by atoms with E-state index in [1.54, 1.807) is 0 Å². The Morgan fingerprint density at radius 1 is 1.53 bits per heavy atom. The topological polar surface area (TPSA) is 28.2 Å². The average molecular weight is 233 g/mol. The van der Waals surface area contributed by atoms with Crippen molar-refractivity contribution in [1.82, 2.24) is 15.2 Å². The largest absolute Gasteiger partial charge is 0.316 e. The molecule has 2 heterocycles. The standard InChI is InChI=1S/C14H23N3/c1-2-17-9-6-14(12-17)11-16-8-5-13-4-3-7-15-10-13/h3-4,7,10,14,16H,2,5-6,8-9,11-12H2,1H3.